The lowest BCUT2D eigenvalue weighted by Gasteiger charge is -2.38. The Morgan fingerprint density at radius 2 is 1.79 bits per heavy atom. The van der Waals surface area contributed by atoms with Gasteiger partial charge in [0.05, 0.1) is 19.8 Å². The third-order valence-electron chi connectivity index (χ3n) is 3.55. The molecule has 2 unspecified atom stereocenters. The van der Waals surface area contributed by atoms with E-state index in [9.17, 15) is 31.1 Å². The molecule has 2 saturated heterocycles. The van der Waals surface area contributed by atoms with Crippen molar-refractivity contribution in [1.29, 1.82) is 0 Å². The zero-order valence-corrected chi connectivity index (χ0v) is 15.5. The summed E-state index contributed by atoms with van der Waals surface area (Å²) in [6, 6.07) is 0. The first-order valence-electron chi connectivity index (χ1n) is 8.09. The van der Waals surface area contributed by atoms with Crippen LogP contribution in [-0.2, 0) is 14.3 Å². The molecule has 2 heterocycles. The number of rotatable bonds is 4. The van der Waals surface area contributed by atoms with Crippen molar-refractivity contribution in [2.24, 2.45) is 9.98 Å². The molecule has 0 radical (unpaired) electrons. The van der Waals surface area contributed by atoms with Gasteiger partial charge in [-0.3, -0.25) is 5.01 Å². The summed E-state index contributed by atoms with van der Waals surface area (Å²) in [4.78, 5) is 17.4. The van der Waals surface area contributed by atoms with Gasteiger partial charge in [0.2, 0.25) is 0 Å². The second kappa shape index (κ2) is 8.78. The highest BCUT2D eigenvalue weighted by Crippen LogP contribution is 2.39. The molecule has 0 N–H and O–H groups in total. The Labute approximate surface area is 158 Å². The van der Waals surface area contributed by atoms with Crippen LogP contribution in [0.2, 0.25) is 0 Å². The van der Waals surface area contributed by atoms with E-state index in [1.807, 2.05) is 0 Å². The van der Waals surface area contributed by atoms with Crippen LogP contribution in [0.5, 0.6) is 0 Å². The fourth-order valence-electron chi connectivity index (χ4n) is 2.54. The van der Waals surface area contributed by atoms with Crippen LogP contribution in [0.1, 0.15) is 13.3 Å². The van der Waals surface area contributed by atoms with E-state index in [1.54, 1.807) is 6.92 Å². The lowest BCUT2D eigenvalue weighted by atomic mass is 10.4. The van der Waals surface area contributed by atoms with Crippen molar-refractivity contribution in [2.75, 3.05) is 32.9 Å². The SMILES string of the molecule is C=S1C(=NC(F)(F)F)C(=NC(F)(F)F)N(N2CCOCC2)C1C(=O)OCCC. The van der Waals surface area contributed by atoms with Crippen molar-refractivity contribution < 1.29 is 40.6 Å². The molecule has 0 bridgehead atoms. The van der Waals surface area contributed by atoms with E-state index < -0.39 is 45.3 Å². The van der Waals surface area contributed by atoms with Gasteiger partial charge in [0.1, 0.15) is 5.04 Å². The Morgan fingerprint density at radius 3 is 2.29 bits per heavy atom. The van der Waals surface area contributed by atoms with E-state index in [2.05, 4.69) is 15.9 Å². The summed E-state index contributed by atoms with van der Waals surface area (Å²) in [6.07, 6.45) is -9.92. The Kier molecular flexibility index (Phi) is 7.09. The highest BCUT2D eigenvalue weighted by atomic mass is 32.2. The van der Waals surface area contributed by atoms with Crippen LogP contribution in [0.3, 0.4) is 0 Å². The molecule has 0 aromatic carbocycles. The van der Waals surface area contributed by atoms with Crippen molar-refractivity contribution in [2.45, 2.75) is 31.3 Å². The van der Waals surface area contributed by atoms with Crippen LogP contribution in [0.4, 0.5) is 26.3 Å². The molecule has 28 heavy (non-hydrogen) atoms. The standard InChI is InChI=1S/C14H18F6N4O3S/c1-3-6-27-12(25)11-24(23-4-7-26-8-5-23)9(21-13(15,16)17)10(28(11)2)22-14(18,19)20/h11H,2-8H2,1H3. The number of nitrogens with zero attached hydrogens (tertiary/aromatic N) is 4. The van der Waals surface area contributed by atoms with Crippen LogP contribution in [0.15, 0.2) is 9.98 Å². The van der Waals surface area contributed by atoms with Crippen LogP contribution in [0, 0.1) is 0 Å². The molecule has 2 rings (SSSR count). The number of morpholine rings is 1. The quantitative estimate of drug-likeness (QED) is 0.293. The molecule has 0 amide bonds. The number of aliphatic imine (C=N–C) groups is 2. The molecular formula is C14H18F6N4O3S. The highest BCUT2D eigenvalue weighted by Gasteiger charge is 2.49. The summed E-state index contributed by atoms with van der Waals surface area (Å²) in [5.74, 6) is 1.39. The Hall–Kier alpha value is -1.67. The second-order valence-corrected chi connectivity index (χ2v) is 7.34. The summed E-state index contributed by atoms with van der Waals surface area (Å²) in [5.41, 5.74) is 0. The number of halogens is 6. The first-order valence-corrected chi connectivity index (χ1v) is 9.55. The molecular weight excluding hydrogens is 418 g/mol. The normalized spacial score (nSPS) is 27.6. The number of alkyl halides is 6. The minimum absolute atomic E-state index is 0.0407. The molecule has 2 aliphatic rings. The molecule has 14 heteroatoms. The van der Waals surface area contributed by atoms with Gasteiger partial charge >= 0.3 is 18.6 Å². The molecule has 7 nitrogen and oxygen atoms in total. The van der Waals surface area contributed by atoms with Gasteiger partial charge in [-0.2, -0.15) is 9.98 Å². The van der Waals surface area contributed by atoms with Crippen molar-refractivity contribution in [3.05, 3.63) is 0 Å². The number of carbonyl (C=O) groups excluding carboxylic acids is 1. The minimum atomic E-state index is -5.18. The van der Waals surface area contributed by atoms with Gasteiger partial charge in [0.15, 0.2) is 11.2 Å². The highest BCUT2D eigenvalue weighted by molar-refractivity contribution is 8.30. The minimum Gasteiger partial charge on any atom is -0.463 e. The summed E-state index contributed by atoms with van der Waals surface area (Å²) < 4.78 is 87.7. The van der Waals surface area contributed by atoms with E-state index in [0.717, 1.165) is 5.01 Å². The van der Waals surface area contributed by atoms with E-state index in [4.69, 9.17) is 9.47 Å². The molecule has 2 aliphatic heterocycles. The molecule has 2 atom stereocenters. The summed E-state index contributed by atoms with van der Waals surface area (Å²) >= 11 is 0. The number of hydrazine groups is 1. The van der Waals surface area contributed by atoms with Gasteiger partial charge in [-0.15, -0.1) is 36.8 Å². The van der Waals surface area contributed by atoms with Crippen LogP contribution >= 0.6 is 10.5 Å². The molecule has 0 aliphatic carbocycles. The first kappa shape index (κ1) is 22.6. The van der Waals surface area contributed by atoms with Gasteiger partial charge in [-0.25, -0.2) is 9.80 Å². The van der Waals surface area contributed by atoms with Crippen molar-refractivity contribution in [1.82, 2.24) is 10.0 Å². The molecule has 2 fully saturated rings. The van der Waals surface area contributed by atoms with E-state index in [1.165, 1.54) is 5.01 Å². The van der Waals surface area contributed by atoms with Gasteiger partial charge in [-0.05, 0) is 6.42 Å². The second-order valence-electron chi connectivity index (χ2n) is 5.65. The van der Waals surface area contributed by atoms with E-state index >= 15 is 0 Å². The summed E-state index contributed by atoms with van der Waals surface area (Å²) in [7, 11) is -1.91. The number of ether oxygens (including phenoxy) is 2. The number of esters is 1. The fraction of sp³-hybridized carbons (Fsp3) is 0.714. The third kappa shape index (κ3) is 5.67. The maximum absolute atomic E-state index is 13.0. The van der Waals surface area contributed by atoms with Gasteiger partial charge in [0.25, 0.3) is 0 Å². The summed E-state index contributed by atoms with van der Waals surface area (Å²) in [6.45, 7) is 1.97. The fourth-order valence-corrected chi connectivity index (χ4v) is 4.12. The maximum atomic E-state index is 13.0. The molecule has 0 aromatic heterocycles. The molecule has 0 aromatic rings. The Morgan fingerprint density at radius 1 is 1.21 bits per heavy atom. The first-order chi connectivity index (χ1) is 12.9. The lowest BCUT2D eigenvalue weighted by Crippen LogP contribution is -2.55. The Balaban J connectivity index is 2.59. The largest absolute Gasteiger partial charge is 0.505 e. The van der Waals surface area contributed by atoms with Gasteiger partial charge < -0.3 is 9.47 Å². The molecule has 160 valence electrons. The molecule has 0 saturated carbocycles. The van der Waals surface area contributed by atoms with Crippen molar-refractivity contribution in [3.63, 3.8) is 0 Å². The zero-order chi connectivity index (χ0) is 21.1. The smallest absolute Gasteiger partial charge is 0.463 e. The monoisotopic (exact) mass is 436 g/mol. The van der Waals surface area contributed by atoms with Crippen molar-refractivity contribution in [3.8, 4) is 0 Å². The van der Waals surface area contributed by atoms with Crippen LogP contribution in [-0.4, -0.2) is 83.6 Å². The number of hydrogen-bond donors (Lipinski definition) is 0. The lowest BCUT2D eigenvalue weighted by molar-refractivity contribution is -0.152. The Bertz CT molecular complexity index is 673. The maximum Gasteiger partial charge on any atom is 0.505 e. The van der Waals surface area contributed by atoms with E-state index in [-0.39, 0.29) is 32.9 Å². The average Bonchev–Trinajstić information content (AvgIpc) is 2.83. The molecule has 0 spiro atoms. The zero-order valence-electron chi connectivity index (χ0n) is 14.7. The number of amidine groups is 1. The van der Waals surface area contributed by atoms with E-state index in [0.29, 0.717) is 6.42 Å². The van der Waals surface area contributed by atoms with Gasteiger partial charge in [-0.1, -0.05) is 12.8 Å². The average molecular weight is 436 g/mol. The third-order valence-corrected chi connectivity index (χ3v) is 5.25. The number of hydrogen-bond acceptors (Lipinski definition) is 6. The van der Waals surface area contributed by atoms with Gasteiger partial charge in [0, 0.05) is 13.1 Å². The number of carbonyl (C=O) groups is 1. The predicted molar refractivity (Wildman–Crippen MR) is 91.0 cm³/mol. The van der Waals surface area contributed by atoms with Crippen molar-refractivity contribution >= 4 is 33.2 Å². The van der Waals surface area contributed by atoms with Crippen LogP contribution < -0.4 is 0 Å². The van der Waals surface area contributed by atoms with Crippen LogP contribution in [0.25, 0.3) is 0 Å². The topological polar surface area (TPSA) is 66.7 Å². The summed E-state index contributed by atoms with van der Waals surface area (Å²) in [5, 5.41) is -0.536. The predicted octanol–water partition coefficient (Wildman–Crippen LogP) is 2.37.